The first-order valence-electron chi connectivity index (χ1n) is 7.58. The summed E-state index contributed by atoms with van der Waals surface area (Å²) in [6, 6.07) is 1.93. The number of ether oxygens (including phenoxy) is 2. The lowest BCUT2D eigenvalue weighted by atomic mass is 9.79. The summed E-state index contributed by atoms with van der Waals surface area (Å²) in [5, 5.41) is 0. The highest BCUT2D eigenvalue weighted by Crippen LogP contribution is 2.43. The maximum Gasteiger partial charge on any atom is 0.423 e. The van der Waals surface area contributed by atoms with E-state index >= 15 is 0 Å². The molecule has 0 aromatic carbocycles. The minimum absolute atomic E-state index is 0.0231. The van der Waals surface area contributed by atoms with Gasteiger partial charge >= 0.3 is 6.09 Å². The molecule has 0 unspecified atom stereocenters. The van der Waals surface area contributed by atoms with Gasteiger partial charge in [-0.2, -0.15) is 4.90 Å². The molecule has 6 nitrogen and oxygen atoms in total. The van der Waals surface area contributed by atoms with Gasteiger partial charge in [0, 0.05) is 28.8 Å². The van der Waals surface area contributed by atoms with Crippen LogP contribution in [0.5, 0.6) is 0 Å². The van der Waals surface area contributed by atoms with Crippen LogP contribution < -0.4 is 4.90 Å². The summed E-state index contributed by atoms with van der Waals surface area (Å²) in [5.74, 6) is -0.281. The molecule has 1 saturated heterocycles. The van der Waals surface area contributed by atoms with Gasteiger partial charge in [-0.1, -0.05) is 0 Å². The van der Waals surface area contributed by atoms with Crippen molar-refractivity contribution in [2.45, 2.75) is 38.7 Å². The summed E-state index contributed by atoms with van der Waals surface area (Å²) < 4.78 is 11.7. The molecule has 2 atom stereocenters. The van der Waals surface area contributed by atoms with E-state index < -0.39 is 11.7 Å². The standard InChI is InChI=1S/C16H19BrN2O4/c1-16(2,3)23-15(21)19-13-11(6-9(17)7-18-13)10-4-5-22-8-12(10)14(19)20/h6-7,10,12H,4-5,8H2,1-3H3/t10-,12+/m1/s1. The zero-order valence-electron chi connectivity index (χ0n) is 13.3. The molecule has 0 radical (unpaired) electrons. The Hall–Kier alpha value is -1.47. The van der Waals surface area contributed by atoms with Crippen LogP contribution in [0.4, 0.5) is 10.6 Å². The molecule has 7 heteroatoms. The van der Waals surface area contributed by atoms with E-state index in [9.17, 15) is 9.59 Å². The van der Waals surface area contributed by atoms with Crippen LogP contribution in [0.25, 0.3) is 0 Å². The Morgan fingerprint density at radius 1 is 1.43 bits per heavy atom. The number of carbonyl (C=O) groups is 2. The first-order valence-corrected chi connectivity index (χ1v) is 8.37. The molecule has 2 amide bonds. The van der Waals surface area contributed by atoms with Crippen molar-refractivity contribution in [1.82, 2.24) is 4.98 Å². The minimum Gasteiger partial charge on any atom is -0.443 e. The Morgan fingerprint density at radius 2 is 2.17 bits per heavy atom. The van der Waals surface area contributed by atoms with Crippen LogP contribution >= 0.6 is 15.9 Å². The number of pyridine rings is 1. The van der Waals surface area contributed by atoms with E-state index in [2.05, 4.69) is 20.9 Å². The summed E-state index contributed by atoms with van der Waals surface area (Å²) >= 11 is 3.41. The summed E-state index contributed by atoms with van der Waals surface area (Å²) in [6.07, 6.45) is 1.63. The first kappa shape index (κ1) is 16.4. The molecule has 0 saturated carbocycles. The van der Waals surface area contributed by atoms with E-state index in [1.165, 1.54) is 0 Å². The molecular formula is C16H19BrN2O4. The Balaban J connectivity index is 2.05. The van der Waals surface area contributed by atoms with Gasteiger partial charge in [0.25, 0.3) is 0 Å². The number of imide groups is 1. The number of rotatable bonds is 0. The van der Waals surface area contributed by atoms with Gasteiger partial charge in [-0.15, -0.1) is 0 Å². The molecule has 1 aromatic rings. The minimum atomic E-state index is -0.692. The number of halogens is 1. The lowest BCUT2D eigenvalue weighted by Gasteiger charge is -2.40. The van der Waals surface area contributed by atoms with Crippen molar-refractivity contribution >= 4 is 33.7 Å². The van der Waals surface area contributed by atoms with Crippen LogP contribution in [0.1, 0.15) is 38.7 Å². The number of hydrogen-bond donors (Lipinski definition) is 0. The molecule has 3 rings (SSSR count). The highest BCUT2D eigenvalue weighted by atomic mass is 79.9. The number of hydrogen-bond acceptors (Lipinski definition) is 5. The normalized spacial score (nSPS) is 24.0. The zero-order valence-corrected chi connectivity index (χ0v) is 14.9. The SMILES string of the molecule is CC(C)(C)OC(=O)N1C(=O)[C@H]2COCC[C@@H]2c2cc(Br)cnc21. The van der Waals surface area contributed by atoms with E-state index in [0.29, 0.717) is 19.0 Å². The number of nitrogens with zero attached hydrogens (tertiary/aromatic N) is 2. The van der Waals surface area contributed by atoms with Crippen LogP contribution in [-0.4, -0.2) is 35.8 Å². The highest BCUT2D eigenvalue weighted by Gasteiger charge is 2.46. The molecule has 0 bridgehead atoms. The molecule has 0 N–H and O–H groups in total. The van der Waals surface area contributed by atoms with Crippen molar-refractivity contribution in [2.24, 2.45) is 5.92 Å². The van der Waals surface area contributed by atoms with E-state index in [1.54, 1.807) is 27.0 Å². The molecular weight excluding hydrogens is 364 g/mol. The summed E-state index contributed by atoms with van der Waals surface area (Å²) in [6.45, 7) is 6.22. The molecule has 1 fully saturated rings. The van der Waals surface area contributed by atoms with Crippen molar-refractivity contribution in [3.05, 3.63) is 22.3 Å². The molecule has 124 valence electrons. The third kappa shape index (κ3) is 3.12. The predicted octanol–water partition coefficient (Wildman–Crippen LogP) is 3.25. The molecule has 3 heterocycles. The fourth-order valence-corrected chi connectivity index (χ4v) is 3.36. The van der Waals surface area contributed by atoms with E-state index in [-0.39, 0.29) is 17.7 Å². The number of fused-ring (bicyclic) bond motifs is 3. The lowest BCUT2D eigenvalue weighted by molar-refractivity contribution is -0.127. The van der Waals surface area contributed by atoms with E-state index in [4.69, 9.17) is 9.47 Å². The predicted molar refractivity (Wildman–Crippen MR) is 87.3 cm³/mol. The molecule has 2 aliphatic rings. The number of carbonyl (C=O) groups excluding carboxylic acids is 2. The highest BCUT2D eigenvalue weighted by molar-refractivity contribution is 9.10. The van der Waals surface area contributed by atoms with Gasteiger partial charge in [0.05, 0.1) is 12.5 Å². The maximum atomic E-state index is 12.8. The Morgan fingerprint density at radius 3 is 2.87 bits per heavy atom. The van der Waals surface area contributed by atoms with Gasteiger partial charge < -0.3 is 9.47 Å². The fraction of sp³-hybridized carbons (Fsp3) is 0.562. The Bertz CT molecular complexity index is 656. The molecule has 1 aromatic heterocycles. The lowest BCUT2D eigenvalue weighted by Crippen LogP contribution is -2.51. The molecule has 2 aliphatic heterocycles. The first-order chi connectivity index (χ1) is 10.8. The Kier molecular flexibility index (Phi) is 4.18. The third-order valence-electron chi connectivity index (χ3n) is 3.94. The summed E-state index contributed by atoms with van der Waals surface area (Å²) in [7, 11) is 0. The average Bonchev–Trinajstić information content (AvgIpc) is 2.46. The quantitative estimate of drug-likeness (QED) is 0.688. The zero-order chi connectivity index (χ0) is 16.8. The number of anilines is 1. The van der Waals surface area contributed by atoms with Gasteiger partial charge in [-0.25, -0.2) is 9.78 Å². The largest absolute Gasteiger partial charge is 0.443 e. The second kappa shape index (κ2) is 5.87. The third-order valence-corrected chi connectivity index (χ3v) is 4.38. The topological polar surface area (TPSA) is 68.7 Å². The second-order valence-electron chi connectivity index (χ2n) is 6.80. The number of aromatic nitrogens is 1. The van der Waals surface area contributed by atoms with Crippen molar-refractivity contribution in [3.63, 3.8) is 0 Å². The molecule has 23 heavy (non-hydrogen) atoms. The maximum absolute atomic E-state index is 12.8. The smallest absolute Gasteiger partial charge is 0.423 e. The van der Waals surface area contributed by atoms with E-state index in [0.717, 1.165) is 21.4 Å². The van der Waals surface area contributed by atoms with Crippen LogP contribution in [0, 0.1) is 5.92 Å². The second-order valence-corrected chi connectivity index (χ2v) is 7.71. The summed E-state index contributed by atoms with van der Waals surface area (Å²) in [4.78, 5) is 30.7. The fourth-order valence-electron chi connectivity index (χ4n) is 3.02. The number of amides is 2. The van der Waals surface area contributed by atoms with Gasteiger partial charge in [-0.05, 0) is 49.2 Å². The van der Waals surface area contributed by atoms with Gasteiger partial charge in [0.1, 0.15) is 11.4 Å². The molecule has 0 aliphatic carbocycles. The monoisotopic (exact) mass is 382 g/mol. The summed E-state index contributed by atoms with van der Waals surface area (Å²) in [5.41, 5.74) is 0.199. The van der Waals surface area contributed by atoms with Gasteiger partial charge in [0.15, 0.2) is 0 Å². The van der Waals surface area contributed by atoms with Gasteiger partial charge in [0.2, 0.25) is 5.91 Å². The molecule has 0 spiro atoms. The average molecular weight is 383 g/mol. The van der Waals surface area contributed by atoms with E-state index in [1.807, 2.05) is 6.07 Å². The van der Waals surface area contributed by atoms with Crippen molar-refractivity contribution < 1.29 is 19.1 Å². The van der Waals surface area contributed by atoms with Crippen LogP contribution in [-0.2, 0) is 14.3 Å². The van der Waals surface area contributed by atoms with Crippen molar-refractivity contribution in [1.29, 1.82) is 0 Å². The van der Waals surface area contributed by atoms with Crippen LogP contribution in [0.2, 0.25) is 0 Å². The van der Waals surface area contributed by atoms with Crippen LogP contribution in [0.3, 0.4) is 0 Å². The Labute approximate surface area is 143 Å². The van der Waals surface area contributed by atoms with Crippen molar-refractivity contribution in [3.8, 4) is 0 Å². The van der Waals surface area contributed by atoms with Crippen LogP contribution in [0.15, 0.2) is 16.7 Å². The van der Waals surface area contributed by atoms with Crippen molar-refractivity contribution in [2.75, 3.05) is 18.1 Å². The van der Waals surface area contributed by atoms with Gasteiger partial charge in [-0.3, -0.25) is 4.79 Å².